The first-order chi connectivity index (χ1) is 9.58. The molecule has 1 saturated carbocycles. The number of rotatable bonds is 4. The molecule has 2 heterocycles. The molecule has 0 aromatic carbocycles. The molecule has 0 aromatic heterocycles. The van der Waals surface area contributed by atoms with Crippen molar-refractivity contribution in [2.24, 2.45) is 10.8 Å². The van der Waals surface area contributed by atoms with Gasteiger partial charge in [-0.1, -0.05) is 6.92 Å². The minimum atomic E-state index is -0.134. The fourth-order valence-corrected chi connectivity index (χ4v) is 4.49. The third kappa shape index (κ3) is 2.52. The number of hydrogen-bond acceptors (Lipinski definition) is 4. The molecule has 2 saturated heterocycles. The van der Waals surface area contributed by atoms with E-state index in [-0.39, 0.29) is 11.5 Å². The molecule has 3 rings (SSSR count). The molecule has 0 radical (unpaired) electrons. The van der Waals surface area contributed by atoms with Gasteiger partial charge in [-0.15, -0.1) is 0 Å². The molecule has 3 aliphatic rings. The number of piperidine rings is 1. The van der Waals surface area contributed by atoms with E-state index < -0.39 is 0 Å². The fraction of sp³-hybridized carbons (Fsp3) is 1.00. The minimum absolute atomic E-state index is 0.0708. The third-order valence-corrected chi connectivity index (χ3v) is 5.96. The number of hydrogen-bond donors (Lipinski definition) is 2. The van der Waals surface area contributed by atoms with Crippen LogP contribution >= 0.6 is 0 Å². The van der Waals surface area contributed by atoms with Crippen molar-refractivity contribution in [1.29, 1.82) is 0 Å². The van der Waals surface area contributed by atoms with E-state index in [1.54, 1.807) is 0 Å². The number of aliphatic hydroxyl groups is 1. The van der Waals surface area contributed by atoms with Crippen molar-refractivity contribution in [3.8, 4) is 0 Å². The molecule has 3 unspecified atom stereocenters. The molecule has 4 nitrogen and oxygen atoms in total. The number of nitrogens with zero attached hydrogens (tertiary/aromatic N) is 1. The Labute approximate surface area is 122 Å². The normalized spacial score (nSPS) is 41.0. The smallest absolute Gasteiger partial charge is 0.0681 e. The lowest BCUT2D eigenvalue weighted by molar-refractivity contribution is -0.210. The molecule has 2 aliphatic heterocycles. The van der Waals surface area contributed by atoms with E-state index in [0.717, 1.165) is 45.5 Å². The Morgan fingerprint density at radius 2 is 2.05 bits per heavy atom. The number of nitrogens with one attached hydrogen (secondary N) is 1. The van der Waals surface area contributed by atoms with E-state index >= 15 is 0 Å². The standard InChI is InChI=1S/C16H30N2O2/c1-3-20-14-10-13(19)16(14)5-8-18(9-6-16)12-15(2)4-7-17-11-15/h13-14,17,19H,3-12H2,1-2H3. The van der Waals surface area contributed by atoms with Gasteiger partial charge < -0.3 is 20.1 Å². The molecule has 0 bridgehead atoms. The van der Waals surface area contributed by atoms with Crippen molar-refractivity contribution in [2.45, 2.75) is 51.7 Å². The van der Waals surface area contributed by atoms with Gasteiger partial charge in [-0.05, 0) is 51.2 Å². The first-order valence-corrected chi connectivity index (χ1v) is 8.31. The van der Waals surface area contributed by atoms with Gasteiger partial charge in [-0.25, -0.2) is 0 Å². The lowest BCUT2D eigenvalue weighted by Gasteiger charge is -2.57. The third-order valence-electron chi connectivity index (χ3n) is 5.96. The predicted octanol–water partition coefficient (Wildman–Crippen LogP) is 1.24. The van der Waals surface area contributed by atoms with Crippen LogP contribution in [0.25, 0.3) is 0 Å². The maximum absolute atomic E-state index is 10.2. The Morgan fingerprint density at radius 1 is 1.30 bits per heavy atom. The fourth-order valence-electron chi connectivity index (χ4n) is 4.49. The summed E-state index contributed by atoms with van der Waals surface area (Å²) in [6, 6.07) is 0. The lowest BCUT2D eigenvalue weighted by Crippen LogP contribution is -2.62. The highest BCUT2D eigenvalue weighted by molar-refractivity contribution is 5.06. The van der Waals surface area contributed by atoms with E-state index in [1.165, 1.54) is 19.5 Å². The molecule has 4 heteroatoms. The van der Waals surface area contributed by atoms with Crippen LogP contribution in [0.1, 0.15) is 39.5 Å². The van der Waals surface area contributed by atoms with Gasteiger partial charge >= 0.3 is 0 Å². The van der Waals surface area contributed by atoms with Gasteiger partial charge in [0.2, 0.25) is 0 Å². The van der Waals surface area contributed by atoms with Gasteiger partial charge in [0, 0.05) is 31.5 Å². The van der Waals surface area contributed by atoms with E-state index in [1.807, 2.05) is 0 Å². The second kappa shape index (κ2) is 5.56. The topological polar surface area (TPSA) is 44.7 Å². The highest BCUT2D eigenvalue weighted by atomic mass is 16.5. The molecule has 3 atom stereocenters. The second-order valence-electron chi connectivity index (χ2n) is 7.44. The van der Waals surface area contributed by atoms with Gasteiger partial charge in [0.1, 0.15) is 0 Å². The summed E-state index contributed by atoms with van der Waals surface area (Å²) in [6.45, 7) is 11.0. The lowest BCUT2D eigenvalue weighted by atomic mass is 9.58. The van der Waals surface area contributed by atoms with Crippen LogP contribution in [-0.2, 0) is 4.74 Å². The van der Waals surface area contributed by atoms with E-state index in [0.29, 0.717) is 11.5 Å². The average Bonchev–Trinajstić information content (AvgIpc) is 2.86. The molecular formula is C16H30N2O2. The summed E-state index contributed by atoms with van der Waals surface area (Å²) in [7, 11) is 0. The van der Waals surface area contributed by atoms with Crippen molar-refractivity contribution >= 4 is 0 Å². The average molecular weight is 282 g/mol. The van der Waals surface area contributed by atoms with Gasteiger partial charge in [0.15, 0.2) is 0 Å². The Bertz CT molecular complexity index is 331. The summed E-state index contributed by atoms with van der Waals surface area (Å²) >= 11 is 0. The van der Waals surface area contributed by atoms with Crippen LogP contribution in [-0.4, -0.2) is 61.5 Å². The highest BCUT2D eigenvalue weighted by Crippen LogP contribution is 2.51. The summed E-state index contributed by atoms with van der Waals surface area (Å²) in [4.78, 5) is 2.60. The number of aliphatic hydroxyl groups excluding tert-OH is 1. The van der Waals surface area contributed by atoms with Crippen molar-refractivity contribution < 1.29 is 9.84 Å². The summed E-state index contributed by atoms with van der Waals surface area (Å²) < 4.78 is 5.84. The van der Waals surface area contributed by atoms with Gasteiger partial charge in [0.05, 0.1) is 12.2 Å². The van der Waals surface area contributed by atoms with Crippen LogP contribution in [0.4, 0.5) is 0 Å². The van der Waals surface area contributed by atoms with Crippen LogP contribution in [0.5, 0.6) is 0 Å². The Balaban J connectivity index is 1.54. The molecular weight excluding hydrogens is 252 g/mol. The van der Waals surface area contributed by atoms with Crippen molar-refractivity contribution in [1.82, 2.24) is 10.2 Å². The van der Waals surface area contributed by atoms with Crippen LogP contribution in [0, 0.1) is 10.8 Å². The quantitative estimate of drug-likeness (QED) is 0.814. The van der Waals surface area contributed by atoms with Gasteiger partial charge in [-0.2, -0.15) is 0 Å². The number of likely N-dealkylation sites (tertiary alicyclic amines) is 1. The maximum atomic E-state index is 10.2. The van der Waals surface area contributed by atoms with Crippen LogP contribution in [0.3, 0.4) is 0 Å². The first-order valence-electron chi connectivity index (χ1n) is 8.31. The molecule has 3 fully saturated rings. The van der Waals surface area contributed by atoms with E-state index in [9.17, 15) is 5.11 Å². The molecule has 0 aromatic rings. The number of ether oxygens (including phenoxy) is 1. The second-order valence-corrected chi connectivity index (χ2v) is 7.44. The van der Waals surface area contributed by atoms with Crippen molar-refractivity contribution in [2.75, 3.05) is 39.3 Å². The Hall–Kier alpha value is -0.160. The van der Waals surface area contributed by atoms with Crippen molar-refractivity contribution in [3.05, 3.63) is 0 Å². The van der Waals surface area contributed by atoms with Crippen LogP contribution in [0.15, 0.2) is 0 Å². The summed E-state index contributed by atoms with van der Waals surface area (Å²) in [5, 5.41) is 13.7. The van der Waals surface area contributed by atoms with Gasteiger partial charge in [-0.3, -0.25) is 0 Å². The summed E-state index contributed by atoms with van der Waals surface area (Å²) in [5.41, 5.74) is 0.517. The SMILES string of the molecule is CCOC1CC(O)C12CCN(CC1(C)CCNC1)CC2. The van der Waals surface area contributed by atoms with E-state index in [2.05, 4.69) is 24.1 Å². The molecule has 20 heavy (non-hydrogen) atoms. The van der Waals surface area contributed by atoms with Crippen LogP contribution in [0.2, 0.25) is 0 Å². The highest BCUT2D eigenvalue weighted by Gasteiger charge is 2.56. The molecule has 2 N–H and O–H groups in total. The minimum Gasteiger partial charge on any atom is -0.392 e. The zero-order valence-electron chi connectivity index (χ0n) is 13.0. The van der Waals surface area contributed by atoms with E-state index in [4.69, 9.17) is 4.74 Å². The zero-order chi connectivity index (χ0) is 14.2. The van der Waals surface area contributed by atoms with Crippen LogP contribution < -0.4 is 5.32 Å². The Morgan fingerprint density at radius 3 is 2.60 bits per heavy atom. The monoisotopic (exact) mass is 282 g/mol. The molecule has 116 valence electrons. The molecule has 1 spiro atoms. The van der Waals surface area contributed by atoms with Crippen molar-refractivity contribution in [3.63, 3.8) is 0 Å². The largest absolute Gasteiger partial charge is 0.392 e. The Kier molecular flexibility index (Phi) is 4.10. The molecule has 1 aliphatic carbocycles. The summed E-state index contributed by atoms with van der Waals surface area (Å²) in [6.07, 6.45) is 4.50. The zero-order valence-corrected chi connectivity index (χ0v) is 13.0. The molecule has 0 amide bonds. The maximum Gasteiger partial charge on any atom is 0.0681 e. The van der Waals surface area contributed by atoms with Gasteiger partial charge in [0.25, 0.3) is 0 Å². The summed E-state index contributed by atoms with van der Waals surface area (Å²) in [5.74, 6) is 0. The predicted molar refractivity (Wildman–Crippen MR) is 79.7 cm³/mol. The first kappa shape index (κ1) is 14.8.